The highest BCUT2D eigenvalue weighted by molar-refractivity contribution is 9.10. The van der Waals surface area contributed by atoms with Crippen LogP contribution in [0.1, 0.15) is 16.2 Å². The second-order valence-corrected chi connectivity index (χ2v) is 4.12. The van der Waals surface area contributed by atoms with Crippen molar-refractivity contribution < 1.29 is 4.79 Å². The summed E-state index contributed by atoms with van der Waals surface area (Å²) in [5.74, 6) is -0.127. The van der Waals surface area contributed by atoms with Crippen molar-refractivity contribution in [3.63, 3.8) is 0 Å². The maximum atomic E-state index is 11.6. The minimum Gasteiger partial charge on any atom is -0.354 e. The highest BCUT2D eigenvalue weighted by atomic mass is 79.9. The van der Waals surface area contributed by atoms with Gasteiger partial charge in [-0.25, -0.2) is 4.98 Å². The molecule has 0 aliphatic carbocycles. The van der Waals surface area contributed by atoms with Crippen molar-refractivity contribution in [1.29, 1.82) is 0 Å². The maximum Gasteiger partial charge on any atom is 0.269 e. The van der Waals surface area contributed by atoms with Crippen LogP contribution in [-0.2, 0) is 0 Å². The van der Waals surface area contributed by atoms with E-state index in [1.54, 1.807) is 11.4 Å². The summed E-state index contributed by atoms with van der Waals surface area (Å²) < 4.78 is 2.69. The molecular weight excluding hydrogens is 258 g/mol. The number of carbonyl (C=O) groups is 1. The Morgan fingerprint density at radius 1 is 1.53 bits per heavy atom. The molecule has 0 spiro atoms. The fraction of sp³-hybridized carbons (Fsp3) is 0.200. The lowest BCUT2D eigenvalue weighted by Crippen LogP contribution is -2.20. The standard InChI is InChI=1S/C10H10BrN3O/c1-6-9(10(15)12-2)14-5-7(11)3-4-8(14)13-6/h3-5H,1-2H3,(H,12,15). The zero-order chi connectivity index (χ0) is 11.0. The molecule has 0 bridgehead atoms. The van der Waals surface area contributed by atoms with Crippen LogP contribution >= 0.6 is 15.9 Å². The highest BCUT2D eigenvalue weighted by Gasteiger charge is 2.14. The second-order valence-electron chi connectivity index (χ2n) is 3.20. The minimum atomic E-state index is -0.127. The molecule has 0 aliphatic heterocycles. The summed E-state index contributed by atoms with van der Waals surface area (Å²) in [6, 6.07) is 3.76. The molecule has 5 heteroatoms. The number of aromatic nitrogens is 2. The van der Waals surface area contributed by atoms with Gasteiger partial charge in [0.15, 0.2) is 0 Å². The molecule has 4 nitrogen and oxygen atoms in total. The Morgan fingerprint density at radius 2 is 2.27 bits per heavy atom. The van der Waals surface area contributed by atoms with Crippen LogP contribution in [0.5, 0.6) is 0 Å². The second kappa shape index (κ2) is 3.66. The predicted octanol–water partition coefficient (Wildman–Crippen LogP) is 1.76. The Labute approximate surface area is 95.4 Å². The normalized spacial score (nSPS) is 10.6. The number of fused-ring (bicyclic) bond motifs is 1. The molecule has 0 atom stereocenters. The molecule has 0 fully saturated rings. The van der Waals surface area contributed by atoms with E-state index < -0.39 is 0 Å². The third-order valence-corrected chi connectivity index (χ3v) is 2.67. The third kappa shape index (κ3) is 1.63. The van der Waals surface area contributed by atoms with Crippen LogP contribution in [0.3, 0.4) is 0 Å². The monoisotopic (exact) mass is 267 g/mol. The largest absolute Gasteiger partial charge is 0.354 e. The lowest BCUT2D eigenvalue weighted by Gasteiger charge is -2.01. The van der Waals surface area contributed by atoms with Gasteiger partial charge in [-0.05, 0) is 35.0 Å². The fourth-order valence-electron chi connectivity index (χ4n) is 1.53. The number of rotatable bonds is 1. The molecule has 0 unspecified atom stereocenters. The number of pyridine rings is 1. The van der Waals surface area contributed by atoms with Gasteiger partial charge in [0, 0.05) is 17.7 Å². The Balaban J connectivity index is 2.76. The van der Waals surface area contributed by atoms with Crippen molar-refractivity contribution in [2.45, 2.75) is 6.92 Å². The molecule has 1 amide bonds. The molecule has 15 heavy (non-hydrogen) atoms. The summed E-state index contributed by atoms with van der Waals surface area (Å²) in [5.41, 5.74) is 2.08. The Bertz CT molecular complexity index is 533. The molecule has 0 aromatic carbocycles. The summed E-state index contributed by atoms with van der Waals surface area (Å²) in [6.07, 6.45) is 1.83. The van der Waals surface area contributed by atoms with Gasteiger partial charge < -0.3 is 5.32 Å². The van der Waals surface area contributed by atoms with Crippen molar-refractivity contribution in [2.24, 2.45) is 0 Å². The Hall–Kier alpha value is -1.36. The molecule has 2 rings (SSSR count). The molecule has 0 saturated carbocycles. The van der Waals surface area contributed by atoms with Crippen LogP contribution in [0, 0.1) is 6.92 Å². The number of aryl methyl sites for hydroxylation is 1. The van der Waals surface area contributed by atoms with E-state index in [4.69, 9.17) is 0 Å². The van der Waals surface area contributed by atoms with E-state index in [0.717, 1.165) is 15.8 Å². The summed E-state index contributed by atoms with van der Waals surface area (Å²) in [7, 11) is 1.61. The summed E-state index contributed by atoms with van der Waals surface area (Å²) in [6.45, 7) is 1.82. The first-order valence-corrected chi connectivity index (χ1v) is 5.29. The van der Waals surface area contributed by atoms with E-state index in [0.29, 0.717) is 5.69 Å². The van der Waals surface area contributed by atoms with E-state index in [1.165, 1.54) is 0 Å². The van der Waals surface area contributed by atoms with Crippen LogP contribution in [0.25, 0.3) is 5.65 Å². The Kier molecular flexibility index (Phi) is 2.48. The third-order valence-electron chi connectivity index (χ3n) is 2.20. The van der Waals surface area contributed by atoms with E-state index in [9.17, 15) is 4.79 Å². The van der Waals surface area contributed by atoms with Gasteiger partial charge in [0.05, 0.1) is 5.69 Å². The molecule has 2 aromatic rings. The van der Waals surface area contributed by atoms with Crippen molar-refractivity contribution in [1.82, 2.24) is 14.7 Å². The van der Waals surface area contributed by atoms with Crippen molar-refractivity contribution in [2.75, 3.05) is 7.05 Å². The number of imidazole rings is 1. The quantitative estimate of drug-likeness (QED) is 0.856. The Morgan fingerprint density at radius 3 is 2.93 bits per heavy atom. The highest BCUT2D eigenvalue weighted by Crippen LogP contribution is 2.16. The van der Waals surface area contributed by atoms with Crippen LogP contribution in [0.4, 0.5) is 0 Å². The summed E-state index contributed by atoms with van der Waals surface area (Å²) in [5, 5.41) is 2.60. The number of carbonyl (C=O) groups excluding carboxylic acids is 1. The number of hydrogen-bond acceptors (Lipinski definition) is 2. The van der Waals surface area contributed by atoms with Crippen LogP contribution < -0.4 is 5.32 Å². The van der Waals surface area contributed by atoms with Gasteiger partial charge in [-0.2, -0.15) is 0 Å². The van der Waals surface area contributed by atoms with E-state index in [-0.39, 0.29) is 5.91 Å². The molecule has 2 aromatic heterocycles. The van der Waals surface area contributed by atoms with Crippen LogP contribution in [-0.4, -0.2) is 22.3 Å². The first-order valence-electron chi connectivity index (χ1n) is 4.50. The minimum absolute atomic E-state index is 0.127. The average molecular weight is 268 g/mol. The predicted molar refractivity (Wildman–Crippen MR) is 61.0 cm³/mol. The van der Waals surface area contributed by atoms with E-state index in [1.807, 2.05) is 25.3 Å². The summed E-state index contributed by atoms with van der Waals surface area (Å²) >= 11 is 3.37. The SMILES string of the molecule is CNC(=O)c1c(C)nc2ccc(Br)cn12. The van der Waals surface area contributed by atoms with Gasteiger partial charge in [0.25, 0.3) is 5.91 Å². The summed E-state index contributed by atoms with van der Waals surface area (Å²) in [4.78, 5) is 15.9. The van der Waals surface area contributed by atoms with E-state index >= 15 is 0 Å². The van der Waals surface area contributed by atoms with Crippen molar-refractivity contribution in [3.8, 4) is 0 Å². The molecule has 0 aliphatic rings. The van der Waals surface area contributed by atoms with Crippen LogP contribution in [0.15, 0.2) is 22.8 Å². The van der Waals surface area contributed by atoms with Gasteiger partial charge in [0.1, 0.15) is 11.3 Å². The average Bonchev–Trinajstić information content (AvgIpc) is 2.52. The molecule has 2 heterocycles. The van der Waals surface area contributed by atoms with Gasteiger partial charge in [0.2, 0.25) is 0 Å². The molecular formula is C10H10BrN3O. The lowest BCUT2D eigenvalue weighted by atomic mass is 10.3. The number of hydrogen-bond donors (Lipinski definition) is 1. The number of nitrogens with zero attached hydrogens (tertiary/aromatic N) is 2. The number of halogens is 1. The van der Waals surface area contributed by atoms with E-state index in [2.05, 4.69) is 26.2 Å². The molecule has 0 radical (unpaired) electrons. The number of nitrogens with one attached hydrogen (secondary N) is 1. The lowest BCUT2D eigenvalue weighted by molar-refractivity contribution is 0.0956. The fourth-order valence-corrected chi connectivity index (χ4v) is 1.87. The zero-order valence-corrected chi connectivity index (χ0v) is 10.00. The maximum absolute atomic E-state index is 11.6. The molecule has 1 N–H and O–H groups in total. The van der Waals surface area contributed by atoms with Crippen molar-refractivity contribution in [3.05, 3.63) is 34.2 Å². The zero-order valence-electron chi connectivity index (χ0n) is 8.41. The number of amides is 1. The molecule has 78 valence electrons. The first kappa shape index (κ1) is 10.2. The van der Waals surface area contributed by atoms with Gasteiger partial charge in [-0.15, -0.1) is 0 Å². The van der Waals surface area contributed by atoms with Gasteiger partial charge in [-0.1, -0.05) is 0 Å². The van der Waals surface area contributed by atoms with Gasteiger partial charge in [-0.3, -0.25) is 9.20 Å². The first-order chi connectivity index (χ1) is 7.13. The van der Waals surface area contributed by atoms with Crippen molar-refractivity contribution >= 4 is 27.5 Å². The smallest absolute Gasteiger partial charge is 0.269 e. The van der Waals surface area contributed by atoms with Crippen LogP contribution in [0.2, 0.25) is 0 Å². The topological polar surface area (TPSA) is 46.4 Å². The molecule has 0 saturated heterocycles. The van der Waals surface area contributed by atoms with Gasteiger partial charge >= 0.3 is 0 Å².